The van der Waals surface area contributed by atoms with Gasteiger partial charge in [-0.1, -0.05) is 27.2 Å². The van der Waals surface area contributed by atoms with Crippen LogP contribution in [0.1, 0.15) is 78.6 Å². The Kier molecular flexibility index (Phi) is 7.20. The van der Waals surface area contributed by atoms with Gasteiger partial charge in [-0.2, -0.15) is 0 Å². The van der Waals surface area contributed by atoms with E-state index in [1.807, 2.05) is 0 Å². The Hall–Kier alpha value is -1.06. The van der Waals surface area contributed by atoms with E-state index in [1.165, 1.54) is 6.42 Å². The first-order valence-corrected chi connectivity index (χ1v) is 8.25. The van der Waals surface area contributed by atoms with Gasteiger partial charge >= 0.3 is 11.9 Å². The van der Waals surface area contributed by atoms with Gasteiger partial charge < -0.3 is 9.84 Å². The number of hydrogen-bond acceptors (Lipinski definition) is 3. The molecular weight excluding hydrogens is 268 g/mol. The lowest BCUT2D eigenvalue weighted by Gasteiger charge is -2.40. The number of esters is 1. The van der Waals surface area contributed by atoms with E-state index in [-0.39, 0.29) is 23.9 Å². The molecule has 0 amide bonds. The third kappa shape index (κ3) is 6.49. The van der Waals surface area contributed by atoms with Crippen molar-refractivity contribution in [2.75, 3.05) is 0 Å². The summed E-state index contributed by atoms with van der Waals surface area (Å²) in [5.74, 6) is -0.286. The lowest BCUT2D eigenvalue weighted by molar-refractivity contribution is -0.153. The van der Waals surface area contributed by atoms with Gasteiger partial charge in [0.2, 0.25) is 0 Å². The molecule has 2 atom stereocenters. The highest BCUT2D eigenvalue weighted by atomic mass is 16.5. The highest BCUT2D eigenvalue weighted by Crippen LogP contribution is 2.42. The molecule has 122 valence electrons. The van der Waals surface area contributed by atoms with Crippen LogP contribution in [-0.2, 0) is 14.3 Å². The number of carboxylic acids is 1. The van der Waals surface area contributed by atoms with Crippen LogP contribution in [0.25, 0.3) is 0 Å². The van der Waals surface area contributed by atoms with Crippen LogP contribution < -0.4 is 0 Å². The highest BCUT2D eigenvalue weighted by molar-refractivity contribution is 5.69. The van der Waals surface area contributed by atoms with Crippen LogP contribution in [0.3, 0.4) is 0 Å². The summed E-state index contributed by atoms with van der Waals surface area (Å²) in [4.78, 5) is 22.2. The molecule has 0 aliphatic heterocycles. The van der Waals surface area contributed by atoms with Crippen molar-refractivity contribution in [2.45, 2.75) is 84.7 Å². The molecule has 1 aliphatic rings. The van der Waals surface area contributed by atoms with E-state index in [9.17, 15) is 9.59 Å². The number of hydrogen-bond donors (Lipinski definition) is 1. The summed E-state index contributed by atoms with van der Waals surface area (Å²) in [7, 11) is 0. The predicted octanol–water partition coefficient (Wildman–Crippen LogP) is 4.17. The summed E-state index contributed by atoms with van der Waals surface area (Å²) in [6, 6.07) is 0. The topological polar surface area (TPSA) is 63.6 Å². The Bertz CT molecular complexity index is 351. The molecular formula is C17H30O4. The molecule has 1 fully saturated rings. The molecule has 1 rings (SSSR count). The minimum atomic E-state index is -0.771. The van der Waals surface area contributed by atoms with Crippen LogP contribution in [0.4, 0.5) is 0 Å². The zero-order valence-electron chi connectivity index (χ0n) is 13.7. The van der Waals surface area contributed by atoms with Gasteiger partial charge in [-0.15, -0.1) is 0 Å². The van der Waals surface area contributed by atoms with Gasteiger partial charge in [0.1, 0.15) is 6.10 Å². The Labute approximate surface area is 128 Å². The summed E-state index contributed by atoms with van der Waals surface area (Å²) >= 11 is 0. The molecule has 1 saturated carbocycles. The average Bonchev–Trinajstić information content (AvgIpc) is 2.37. The summed E-state index contributed by atoms with van der Waals surface area (Å²) in [6.07, 6.45) is 7.09. The maximum atomic E-state index is 11.9. The Morgan fingerprint density at radius 1 is 1.24 bits per heavy atom. The second kappa shape index (κ2) is 8.40. The van der Waals surface area contributed by atoms with E-state index in [2.05, 4.69) is 20.8 Å². The fourth-order valence-corrected chi connectivity index (χ4v) is 3.05. The Morgan fingerprint density at radius 2 is 1.90 bits per heavy atom. The second-order valence-corrected chi connectivity index (χ2v) is 6.97. The quantitative estimate of drug-likeness (QED) is 0.539. The summed E-state index contributed by atoms with van der Waals surface area (Å²) in [6.45, 7) is 6.78. The monoisotopic (exact) mass is 298 g/mol. The zero-order valence-corrected chi connectivity index (χ0v) is 13.7. The van der Waals surface area contributed by atoms with Crippen LogP contribution in [0.15, 0.2) is 0 Å². The van der Waals surface area contributed by atoms with Crippen molar-refractivity contribution < 1.29 is 19.4 Å². The lowest BCUT2D eigenvalue weighted by Crippen LogP contribution is -2.35. The molecule has 0 aromatic rings. The molecule has 1 aliphatic carbocycles. The number of unbranched alkanes of at least 4 members (excludes halogenated alkanes) is 2. The molecule has 4 nitrogen and oxygen atoms in total. The van der Waals surface area contributed by atoms with Crippen molar-refractivity contribution in [2.24, 2.45) is 11.3 Å². The third-order valence-electron chi connectivity index (χ3n) is 4.93. The third-order valence-corrected chi connectivity index (χ3v) is 4.93. The minimum Gasteiger partial charge on any atom is -0.481 e. The summed E-state index contributed by atoms with van der Waals surface area (Å²) in [5, 5.41) is 8.54. The normalized spacial score (nSPS) is 25.8. The lowest BCUT2D eigenvalue weighted by atomic mass is 9.67. The van der Waals surface area contributed by atoms with E-state index in [0.717, 1.165) is 32.1 Å². The standard InChI is InChI=1S/C17H30O4/c1-13(2)17(3)11-7-8-14(12-17)21-16(20)10-6-4-5-9-15(18)19/h13-14H,4-12H2,1-3H3,(H,18,19). The maximum absolute atomic E-state index is 11.9. The molecule has 1 N–H and O–H groups in total. The molecule has 0 heterocycles. The van der Waals surface area contributed by atoms with Crippen molar-refractivity contribution in [1.29, 1.82) is 0 Å². The number of carboxylic acid groups (broad SMARTS) is 1. The van der Waals surface area contributed by atoms with Crippen molar-refractivity contribution in [3.63, 3.8) is 0 Å². The van der Waals surface area contributed by atoms with E-state index in [1.54, 1.807) is 0 Å². The largest absolute Gasteiger partial charge is 0.481 e. The molecule has 0 bridgehead atoms. The van der Waals surface area contributed by atoms with Crippen LogP contribution in [0.2, 0.25) is 0 Å². The second-order valence-electron chi connectivity index (χ2n) is 6.97. The fourth-order valence-electron chi connectivity index (χ4n) is 3.05. The van der Waals surface area contributed by atoms with Gasteiger partial charge in [-0.05, 0) is 49.9 Å². The van der Waals surface area contributed by atoms with Crippen LogP contribution in [-0.4, -0.2) is 23.1 Å². The van der Waals surface area contributed by atoms with Crippen molar-refractivity contribution in [1.82, 2.24) is 0 Å². The molecule has 4 heteroatoms. The molecule has 21 heavy (non-hydrogen) atoms. The molecule has 0 aromatic carbocycles. The predicted molar refractivity (Wildman–Crippen MR) is 82.0 cm³/mol. The van der Waals surface area contributed by atoms with Crippen LogP contribution in [0.5, 0.6) is 0 Å². The van der Waals surface area contributed by atoms with Gasteiger partial charge in [0.25, 0.3) is 0 Å². The van der Waals surface area contributed by atoms with E-state index in [4.69, 9.17) is 9.84 Å². The smallest absolute Gasteiger partial charge is 0.306 e. The molecule has 0 spiro atoms. The SMILES string of the molecule is CC(C)C1(C)CCCC(OC(=O)CCCCCC(=O)O)C1. The molecule has 0 saturated heterocycles. The minimum absolute atomic E-state index is 0.0673. The van der Waals surface area contributed by atoms with E-state index in [0.29, 0.717) is 18.8 Å². The van der Waals surface area contributed by atoms with Crippen molar-refractivity contribution >= 4 is 11.9 Å². The van der Waals surface area contributed by atoms with Gasteiger partial charge in [0.15, 0.2) is 0 Å². The van der Waals surface area contributed by atoms with Crippen molar-refractivity contribution in [3.05, 3.63) is 0 Å². The number of rotatable bonds is 8. The van der Waals surface area contributed by atoms with Gasteiger partial charge in [-0.25, -0.2) is 0 Å². The van der Waals surface area contributed by atoms with Crippen LogP contribution >= 0.6 is 0 Å². The highest BCUT2D eigenvalue weighted by Gasteiger charge is 2.36. The summed E-state index contributed by atoms with van der Waals surface area (Å²) in [5.41, 5.74) is 0.282. The first-order chi connectivity index (χ1) is 9.83. The Balaban J connectivity index is 2.23. The maximum Gasteiger partial charge on any atom is 0.306 e. The summed E-state index contributed by atoms with van der Waals surface area (Å²) < 4.78 is 5.61. The van der Waals surface area contributed by atoms with Gasteiger partial charge in [0.05, 0.1) is 0 Å². The van der Waals surface area contributed by atoms with Crippen molar-refractivity contribution in [3.8, 4) is 0 Å². The van der Waals surface area contributed by atoms with E-state index >= 15 is 0 Å². The van der Waals surface area contributed by atoms with Gasteiger partial charge in [0, 0.05) is 12.8 Å². The van der Waals surface area contributed by atoms with Crippen LogP contribution in [0, 0.1) is 11.3 Å². The number of aliphatic carboxylic acids is 1. The molecule has 0 aromatic heterocycles. The number of carbonyl (C=O) groups excluding carboxylic acids is 1. The zero-order chi connectivity index (χ0) is 15.9. The molecule has 0 radical (unpaired) electrons. The first-order valence-electron chi connectivity index (χ1n) is 8.25. The fraction of sp³-hybridized carbons (Fsp3) is 0.882. The van der Waals surface area contributed by atoms with E-state index < -0.39 is 5.97 Å². The average molecular weight is 298 g/mol. The number of carbonyl (C=O) groups is 2. The Morgan fingerprint density at radius 3 is 2.52 bits per heavy atom. The number of ether oxygens (including phenoxy) is 1. The molecule has 2 unspecified atom stereocenters. The van der Waals surface area contributed by atoms with Gasteiger partial charge in [-0.3, -0.25) is 9.59 Å². The first kappa shape index (κ1) is 18.0.